The second-order valence-corrected chi connectivity index (χ2v) is 5.38. The van der Waals surface area contributed by atoms with Crippen molar-refractivity contribution in [3.05, 3.63) is 64.5 Å². The number of nitrogens with zero attached hydrogens (tertiary/aromatic N) is 2. The molecule has 0 saturated carbocycles. The van der Waals surface area contributed by atoms with Crippen molar-refractivity contribution in [3.63, 3.8) is 0 Å². The van der Waals surface area contributed by atoms with E-state index in [1.807, 2.05) is 54.6 Å². The Morgan fingerprint density at radius 1 is 1.05 bits per heavy atom. The van der Waals surface area contributed by atoms with Crippen LogP contribution in [0.2, 0.25) is 0 Å². The predicted octanol–water partition coefficient (Wildman–Crippen LogP) is 4.25. The molecule has 1 aromatic heterocycles. The number of hydrogen-bond donors (Lipinski definition) is 1. The Morgan fingerprint density at radius 3 is 2.62 bits per heavy atom. The zero-order valence-corrected chi connectivity index (χ0v) is 12.6. The average Bonchev–Trinajstić information content (AvgIpc) is 2.95. The molecule has 0 spiro atoms. The quantitative estimate of drug-likeness (QED) is 0.723. The summed E-state index contributed by atoms with van der Waals surface area (Å²) in [4.78, 5) is 4.34. The van der Waals surface area contributed by atoms with Crippen LogP contribution in [-0.4, -0.2) is 10.1 Å². The molecule has 104 valence electrons. The first-order chi connectivity index (χ1) is 10.2. The zero-order valence-electron chi connectivity index (χ0n) is 11.0. The second-order valence-electron chi connectivity index (χ2n) is 4.47. The van der Waals surface area contributed by atoms with Gasteiger partial charge in [-0.15, -0.1) is 0 Å². The Labute approximate surface area is 130 Å². The fourth-order valence-corrected chi connectivity index (χ4v) is 2.11. The van der Waals surface area contributed by atoms with Gasteiger partial charge in [-0.05, 0) is 48.0 Å². The molecule has 3 rings (SSSR count). The van der Waals surface area contributed by atoms with Crippen LogP contribution in [0.1, 0.15) is 11.5 Å². The van der Waals surface area contributed by atoms with E-state index < -0.39 is 0 Å². The Hall–Kier alpha value is -2.40. The van der Waals surface area contributed by atoms with Crippen molar-refractivity contribution in [1.82, 2.24) is 10.1 Å². The van der Waals surface area contributed by atoms with Crippen molar-refractivity contribution in [3.8, 4) is 11.4 Å². The summed E-state index contributed by atoms with van der Waals surface area (Å²) in [6, 6.07) is 15.3. The minimum atomic E-state index is 0.454. The maximum absolute atomic E-state index is 5.73. The molecule has 0 radical (unpaired) electrons. The molecule has 21 heavy (non-hydrogen) atoms. The highest BCUT2D eigenvalue weighted by molar-refractivity contribution is 9.10. The highest BCUT2D eigenvalue weighted by Gasteiger charge is 2.06. The van der Waals surface area contributed by atoms with Crippen LogP contribution in [-0.2, 0) is 0 Å². The van der Waals surface area contributed by atoms with Gasteiger partial charge in [0.25, 0.3) is 5.89 Å². The summed E-state index contributed by atoms with van der Waals surface area (Å²) < 4.78 is 6.22. The first-order valence-corrected chi connectivity index (χ1v) is 7.13. The zero-order chi connectivity index (χ0) is 14.7. The van der Waals surface area contributed by atoms with E-state index in [1.54, 1.807) is 6.08 Å². The van der Waals surface area contributed by atoms with Crippen molar-refractivity contribution in [2.75, 3.05) is 5.73 Å². The molecule has 1 heterocycles. The molecule has 0 saturated heterocycles. The largest absolute Gasteiger partial charge is 0.399 e. The number of rotatable bonds is 3. The normalized spacial score (nSPS) is 11.1. The van der Waals surface area contributed by atoms with Crippen LogP contribution in [0.5, 0.6) is 0 Å². The van der Waals surface area contributed by atoms with Crippen molar-refractivity contribution < 1.29 is 4.52 Å². The lowest BCUT2D eigenvalue weighted by Crippen LogP contribution is -1.83. The van der Waals surface area contributed by atoms with E-state index in [9.17, 15) is 0 Å². The minimum Gasteiger partial charge on any atom is -0.399 e. The molecule has 3 aromatic rings. The smallest absolute Gasteiger partial charge is 0.250 e. The van der Waals surface area contributed by atoms with Gasteiger partial charge in [-0.25, -0.2) is 0 Å². The molecule has 0 amide bonds. The number of anilines is 1. The fraction of sp³-hybridized carbons (Fsp3) is 0. The molecule has 0 aliphatic heterocycles. The molecule has 5 heteroatoms. The van der Waals surface area contributed by atoms with E-state index in [-0.39, 0.29) is 0 Å². The van der Waals surface area contributed by atoms with Gasteiger partial charge in [0.1, 0.15) is 0 Å². The van der Waals surface area contributed by atoms with E-state index in [0.29, 0.717) is 11.7 Å². The van der Waals surface area contributed by atoms with Gasteiger partial charge >= 0.3 is 0 Å². The lowest BCUT2D eigenvalue weighted by molar-refractivity contribution is 0.411. The number of aromatic nitrogens is 2. The predicted molar refractivity (Wildman–Crippen MR) is 87.2 cm³/mol. The number of hydrogen-bond acceptors (Lipinski definition) is 4. The molecule has 0 aliphatic carbocycles. The third-order valence-electron chi connectivity index (χ3n) is 2.87. The maximum Gasteiger partial charge on any atom is 0.250 e. The molecule has 0 unspecified atom stereocenters. The minimum absolute atomic E-state index is 0.454. The lowest BCUT2D eigenvalue weighted by atomic mass is 10.2. The Bertz CT molecular complexity index is 778. The number of nitrogen functional groups attached to an aromatic ring is 1. The van der Waals surface area contributed by atoms with E-state index in [4.69, 9.17) is 10.3 Å². The standard InChI is InChI=1S/C16H12BrN3O/c17-13-7-5-12(6-8-13)16-19-15(21-20-16)9-4-11-2-1-3-14(18)10-11/h1-10H,18H2/b9-4+. The maximum atomic E-state index is 5.73. The van der Waals surface area contributed by atoms with Crippen molar-refractivity contribution in [2.24, 2.45) is 0 Å². The second kappa shape index (κ2) is 5.93. The van der Waals surface area contributed by atoms with Gasteiger partial charge in [0, 0.05) is 21.8 Å². The SMILES string of the molecule is Nc1cccc(/C=C/c2nc(-c3ccc(Br)cc3)no2)c1. The van der Waals surface area contributed by atoms with Gasteiger partial charge < -0.3 is 10.3 Å². The van der Waals surface area contributed by atoms with Gasteiger partial charge in [-0.3, -0.25) is 0 Å². The first kappa shape index (κ1) is 13.6. The van der Waals surface area contributed by atoms with Gasteiger partial charge in [-0.2, -0.15) is 4.98 Å². The summed E-state index contributed by atoms with van der Waals surface area (Å²) in [7, 11) is 0. The van der Waals surface area contributed by atoms with Crippen LogP contribution in [0.4, 0.5) is 5.69 Å². The van der Waals surface area contributed by atoms with Crippen LogP contribution < -0.4 is 5.73 Å². The van der Waals surface area contributed by atoms with E-state index in [0.717, 1.165) is 21.3 Å². The fourth-order valence-electron chi connectivity index (χ4n) is 1.85. The molecule has 0 aliphatic rings. The topological polar surface area (TPSA) is 64.9 Å². The molecule has 0 fully saturated rings. The van der Waals surface area contributed by atoms with Gasteiger partial charge in [0.2, 0.25) is 5.82 Å². The number of nitrogens with two attached hydrogens (primary N) is 1. The van der Waals surface area contributed by atoms with Gasteiger partial charge in [0.05, 0.1) is 0 Å². The molecule has 0 atom stereocenters. The molecular weight excluding hydrogens is 330 g/mol. The summed E-state index contributed by atoms with van der Waals surface area (Å²) in [5.74, 6) is 1.02. The van der Waals surface area contributed by atoms with Crippen LogP contribution in [0.15, 0.2) is 57.5 Å². The summed E-state index contributed by atoms with van der Waals surface area (Å²) in [5.41, 5.74) is 8.34. The van der Waals surface area contributed by atoms with Crippen molar-refractivity contribution in [2.45, 2.75) is 0 Å². The van der Waals surface area contributed by atoms with E-state index in [1.165, 1.54) is 0 Å². The van der Waals surface area contributed by atoms with Crippen molar-refractivity contribution >= 4 is 33.8 Å². The monoisotopic (exact) mass is 341 g/mol. The van der Waals surface area contributed by atoms with E-state index >= 15 is 0 Å². The summed E-state index contributed by atoms with van der Waals surface area (Å²) >= 11 is 3.39. The van der Waals surface area contributed by atoms with Crippen molar-refractivity contribution in [1.29, 1.82) is 0 Å². The molecular formula is C16H12BrN3O. The van der Waals surface area contributed by atoms with Crippen LogP contribution >= 0.6 is 15.9 Å². The molecule has 0 bridgehead atoms. The lowest BCUT2D eigenvalue weighted by Gasteiger charge is -1.94. The molecule has 2 N–H and O–H groups in total. The Balaban J connectivity index is 1.80. The third kappa shape index (κ3) is 3.38. The van der Waals surface area contributed by atoms with Gasteiger partial charge in [-0.1, -0.05) is 33.2 Å². The van der Waals surface area contributed by atoms with Crippen LogP contribution in [0, 0.1) is 0 Å². The molecule has 4 nitrogen and oxygen atoms in total. The number of benzene rings is 2. The number of halogens is 1. The first-order valence-electron chi connectivity index (χ1n) is 6.34. The van der Waals surface area contributed by atoms with Crippen LogP contribution in [0.25, 0.3) is 23.5 Å². The van der Waals surface area contributed by atoms with Gasteiger partial charge in [0.15, 0.2) is 0 Å². The summed E-state index contributed by atoms with van der Waals surface area (Å²) in [5, 5.41) is 3.97. The Morgan fingerprint density at radius 2 is 1.86 bits per heavy atom. The van der Waals surface area contributed by atoms with Crippen LogP contribution in [0.3, 0.4) is 0 Å². The highest BCUT2D eigenvalue weighted by atomic mass is 79.9. The third-order valence-corrected chi connectivity index (χ3v) is 3.40. The Kier molecular flexibility index (Phi) is 3.83. The average molecular weight is 342 g/mol. The highest BCUT2D eigenvalue weighted by Crippen LogP contribution is 2.19. The van der Waals surface area contributed by atoms with E-state index in [2.05, 4.69) is 26.1 Å². The summed E-state index contributed by atoms with van der Waals surface area (Å²) in [6.45, 7) is 0. The summed E-state index contributed by atoms with van der Waals surface area (Å²) in [6.07, 6.45) is 3.65. The molecule has 2 aromatic carbocycles.